The topological polar surface area (TPSA) is 62.9 Å². The maximum atomic E-state index is 12.1. The van der Waals surface area contributed by atoms with E-state index in [1.807, 2.05) is 0 Å². The fourth-order valence-corrected chi connectivity index (χ4v) is 2.07. The van der Waals surface area contributed by atoms with E-state index in [1.54, 1.807) is 0 Å². The first-order valence-electron chi connectivity index (χ1n) is 7.11. The largest absolute Gasteiger partial charge is 0.573 e. The molecule has 0 unspecified atom stereocenters. The zero-order valence-corrected chi connectivity index (χ0v) is 12.7. The lowest BCUT2D eigenvalue weighted by Crippen LogP contribution is -2.26. The number of hydrogen-bond acceptors (Lipinski definition) is 3. The van der Waals surface area contributed by atoms with E-state index in [4.69, 9.17) is 5.73 Å². The normalized spacial score (nSPS) is 16.9. The standard InChI is InChI=1S/C15H19F3N4O/c1-22-8-6-11(7-9-22)10-20-14(19)21-12-2-4-13(5-3-12)23-15(16,17)18/h2-6H,7-10H2,1H3,(H3,19,20,21). The minimum Gasteiger partial charge on any atom is -0.406 e. The molecule has 2 rings (SSSR count). The molecule has 1 aliphatic heterocycles. The molecule has 1 aromatic carbocycles. The molecule has 0 spiro atoms. The molecule has 3 N–H and O–H groups in total. The van der Waals surface area contributed by atoms with Crippen LogP contribution in [0.4, 0.5) is 18.9 Å². The Balaban J connectivity index is 1.87. The van der Waals surface area contributed by atoms with Crippen LogP contribution >= 0.6 is 0 Å². The van der Waals surface area contributed by atoms with Gasteiger partial charge in [0.2, 0.25) is 0 Å². The molecule has 0 aliphatic carbocycles. The maximum absolute atomic E-state index is 12.1. The summed E-state index contributed by atoms with van der Waals surface area (Å²) in [4.78, 5) is 6.44. The zero-order valence-electron chi connectivity index (χ0n) is 12.7. The predicted molar refractivity (Wildman–Crippen MR) is 83.4 cm³/mol. The van der Waals surface area contributed by atoms with Gasteiger partial charge in [-0.2, -0.15) is 0 Å². The Bertz CT molecular complexity index is 581. The Morgan fingerprint density at radius 3 is 2.61 bits per heavy atom. The molecule has 0 aromatic heterocycles. The van der Waals surface area contributed by atoms with Gasteiger partial charge in [-0.05, 0) is 37.7 Å². The zero-order chi connectivity index (χ0) is 16.9. The molecule has 0 amide bonds. The molecular weight excluding hydrogens is 309 g/mol. The first-order chi connectivity index (χ1) is 10.8. The van der Waals surface area contributed by atoms with Crippen molar-refractivity contribution in [2.24, 2.45) is 10.7 Å². The van der Waals surface area contributed by atoms with E-state index in [2.05, 4.69) is 33.1 Å². The molecule has 8 heteroatoms. The third-order valence-corrected chi connectivity index (χ3v) is 3.32. The van der Waals surface area contributed by atoms with Gasteiger partial charge in [0.05, 0.1) is 6.54 Å². The lowest BCUT2D eigenvalue weighted by atomic mass is 10.1. The third-order valence-electron chi connectivity index (χ3n) is 3.32. The maximum Gasteiger partial charge on any atom is 0.573 e. The van der Waals surface area contributed by atoms with Crippen LogP contribution < -0.4 is 15.8 Å². The van der Waals surface area contributed by atoms with E-state index < -0.39 is 6.36 Å². The number of likely N-dealkylation sites (N-methyl/N-ethyl adjacent to an activating group) is 1. The summed E-state index contributed by atoms with van der Waals surface area (Å²) in [5, 5.41) is 2.83. The number of alkyl halides is 3. The van der Waals surface area contributed by atoms with Crippen LogP contribution in [0.5, 0.6) is 5.75 Å². The summed E-state index contributed by atoms with van der Waals surface area (Å²) in [5.41, 5.74) is 7.54. The lowest BCUT2D eigenvalue weighted by Gasteiger charge is -2.21. The Kier molecular flexibility index (Phi) is 5.49. The summed E-state index contributed by atoms with van der Waals surface area (Å²) in [7, 11) is 2.05. The van der Waals surface area contributed by atoms with Crippen LogP contribution in [-0.4, -0.2) is 43.9 Å². The van der Waals surface area contributed by atoms with Crippen LogP contribution in [-0.2, 0) is 0 Å². The van der Waals surface area contributed by atoms with Gasteiger partial charge < -0.3 is 20.7 Å². The van der Waals surface area contributed by atoms with Crippen molar-refractivity contribution < 1.29 is 17.9 Å². The average Bonchev–Trinajstić information content (AvgIpc) is 2.47. The monoisotopic (exact) mass is 328 g/mol. The first-order valence-corrected chi connectivity index (χ1v) is 7.11. The van der Waals surface area contributed by atoms with Gasteiger partial charge in [-0.3, -0.25) is 0 Å². The van der Waals surface area contributed by atoms with Crippen molar-refractivity contribution in [2.75, 3.05) is 32.0 Å². The number of aliphatic imine (C=N–C) groups is 1. The molecule has 0 radical (unpaired) electrons. The highest BCUT2D eigenvalue weighted by molar-refractivity contribution is 5.92. The third kappa shape index (κ3) is 6.19. The van der Waals surface area contributed by atoms with Crippen molar-refractivity contribution in [3.8, 4) is 5.75 Å². The van der Waals surface area contributed by atoms with E-state index in [9.17, 15) is 13.2 Å². The van der Waals surface area contributed by atoms with Crippen LogP contribution in [0.3, 0.4) is 0 Å². The van der Waals surface area contributed by atoms with Gasteiger partial charge in [-0.15, -0.1) is 13.2 Å². The Morgan fingerprint density at radius 1 is 1.35 bits per heavy atom. The minimum absolute atomic E-state index is 0.217. The fourth-order valence-electron chi connectivity index (χ4n) is 2.07. The molecular formula is C15H19F3N4O. The van der Waals surface area contributed by atoms with E-state index in [0.717, 1.165) is 19.5 Å². The Labute approximate surface area is 132 Å². The molecule has 0 saturated carbocycles. The second kappa shape index (κ2) is 7.36. The SMILES string of the molecule is CN1CC=C(CN=C(N)Nc2ccc(OC(F)(F)F)cc2)CC1. The number of guanidine groups is 1. The van der Waals surface area contributed by atoms with Crippen LogP contribution in [0.25, 0.3) is 0 Å². The van der Waals surface area contributed by atoms with Crippen LogP contribution in [0.2, 0.25) is 0 Å². The summed E-state index contributed by atoms with van der Waals surface area (Å²) < 4.78 is 40.0. The van der Waals surface area contributed by atoms with Crippen molar-refractivity contribution in [1.82, 2.24) is 4.90 Å². The van der Waals surface area contributed by atoms with Crippen molar-refractivity contribution in [3.63, 3.8) is 0 Å². The van der Waals surface area contributed by atoms with Crippen molar-refractivity contribution in [2.45, 2.75) is 12.8 Å². The fraction of sp³-hybridized carbons (Fsp3) is 0.400. The van der Waals surface area contributed by atoms with Gasteiger partial charge in [0.15, 0.2) is 5.96 Å². The molecule has 0 bridgehead atoms. The lowest BCUT2D eigenvalue weighted by molar-refractivity contribution is -0.274. The van der Waals surface area contributed by atoms with E-state index in [-0.39, 0.29) is 11.7 Å². The van der Waals surface area contributed by atoms with Crippen molar-refractivity contribution >= 4 is 11.6 Å². The van der Waals surface area contributed by atoms with Gasteiger partial charge in [0.25, 0.3) is 0 Å². The summed E-state index contributed by atoms with van der Waals surface area (Å²) >= 11 is 0. The summed E-state index contributed by atoms with van der Waals surface area (Å²) in [6, 6.07) is 5.31. The summed E-state index contributed by atoms with van der Waals surface area (Å²) in [6.45, 7) is 2.41. The molecule has 0 fully saturated rings. The van der Waals surface area contributed by atoms with Crippen LogP contribution in [0.15, 0.2) is 40.9 Å². The smallest absolute Gasteiger partial charge is 0.406 e. The highest BCUT2D eigenvalue weighted by Crippen LogP contribution is 2.23. The number of hydrogen-bond donors (Lipinski definition) is 2. The van der Waals surface area contributed by atoms with Gasteiger partial charge in [0, 0.05) is 18.8 Å². The molecule has 1 heterocycles. The number of anilines is 1. The second-order valence-electron chi connectivity index (χ2n) is 5.27. The first kappa shape index (κ1) is 17.1. The van der Waals surface area contributed by atoms with Gasteiger partial charge in [-0.25, -0.2) is 4.99 Å². The average molecular weight is 328 g/mol. The number of nitrogens with two attached hydrogens (primary N) is 1. The molecule has 1 aliphatic rings. The van der Waals surface area contributed by atoms with Crippen molar-refractivity contribution in [3.05, 3.63) is 35.9 Å². The molecule has 1 aromatic rings. The van der Waals surface area contributed by atoms with Gasteiger partial charge in [-0.1, -0.05) is 11.6 Å². The minimum atomic E-state index is -4.70. The number of nitrogens with one attached hydrogen (secondary N) is 1. The van der Waals surface area contributed by atoms with Gasteiger partial charge >= 0.3 is 6.36 Å². The van der Waals surface area contributed by atoms with E-state index >= 15 is 0 Å². The quantitative estimate of drug-likeness (QED) is 0.507. The molecule has 23 heavy (non-hydrogen) atoms. The summed E-state index contributed by atoms with van der Waals surface area (Å²) in [5.74, 6) is -0.0654. The molecule has 5 nitrogen and oxygen atoms in total. The van der Waals surface area contributed by atoms with Crippen LogP contribution in [0, 0.1) is 0 Å². The highest BCUT2D eigenvalue weighted by Gasteiger charge is 2.30. The number of benzene rings is 1. The predicted octanol–water partition coefficient (Wildman–Crippen LogP) is 2.57. The molecule has 126 valence electrons. The number of halogens is 3. The highest BCUT2D eigenvalue weighted by atomic mass is 19.4. The van der Waals surface area contributed by atoms with Crippen LogP contribution in [0.1, 0.15) is 6.42 Å². The molecule has 0 atom stereocenters. The van der Waals surface area contributed by atoms with Gasteiger partial charge in [0.1, 0.15) is 5.75 Å². The van der Waals surface area contributed by atoms with E-state index in [1.165, 1.54) is 29.8 Å². The second-order valence-corrected chi connectivity index (χ2v) is 5.27. The summed E-state index contributed by atoms with van der Waals surface area (Å²) in [6.07, 6.45) is -1.61. The number of ether oxygens (including phenoxy) is 1. The van der Waals surface area contributed by atoms with E-state index in [0.29, 0.717) is 12.2 Å². The Hall–Kier alpha value is -2.22. The molecule has 0 saturated heterocycles. The Morgan fingerprint density at radius 2 is 2.04 bits per heavy atom. The number of nitrogens with zero attached hydrogens (tertiary/aromatic N) is 2. The van der Waals surface area contributed by atoms with Crippen molar-refractivity contribution in [1.29, 1.82) is 0 Å². The number of rotatable bonds is 4.